The van der Waals surface area contributed by atoms with Crippen LogP contribution in [-0.2, 0) is 16.0 Å². The highest BCUT2D eigenvalue weighted by atomic mass is 16.5. The zero-order valence-corrected chi connectivity index (χ0v) is 15.0. The van der Waals surface area contributed by atoms with Crippen molar-refractivity contribution in [3.05, 3.63) is 35.4 Å². The van der Waals surface area contributed by atoms with E-state index in [1.807, 2.05) is 12.1 Å². The number of hydrogen-bond donors (Lipinski definition) is 1. The zero-order valence-electron chi connectivity index (χ0n) is 15.0. The number of nitrogens with one attached hydrogen (secondary N) is 1. The fourth-order valence-electron chi connectivity index (χ4n) is 4.06. The van der Waals surface area contributed by atoms with Crippen LogP contribution in [0.3, 0.4) is 0 Å². The Morgan fingerprint density at radius 2 is 2.08 bits per heavy atom. The number of amides is 1. The van der Waals surface area contributed by atoms with Gasteiger partial charge in [0.15, 0.2) is 0 Å². The van der Waals surface area contributed by atoms with Crippen molar-refractivity contribution in [3.63, 3.8) is 0 Å². The first-order valence-corrected chi connectivity index (χ1v) is 9.32. The van der Waals surface area contributed by atoms with Crippen LogP contribution in [0.4, 0.5) is 0 Å². The van der Waals surface area contributed by atoms with Gasteiger partial charge >= 0.3 is 0 Å². The molecular weight excluding hydrogens is 300 g/mol. The van der Waals surface area contributed by atoms with Crippen LogP contribution in [0.5, 0.6) is 0 Å². The van der Waals surface area contributed by atoms with E-state index in [9.17, 15) is 4.79 Å². The van der Waals surface area contributed by atoms with Crippen molar-refractivity contribution in [2.75, 3.05) is 26.3 Å². The molecule has 2 saturated heterocycles. The van der Waals surface area contributed by atoms with Crippen LogP contribution < -0.4 is 5.32 Å². The Hall–Kier alpha value is -1.39. The van der Waals surface area contributed by atoms with E-state index in [0.717, 1.165) is 44.7 Å². The zero-order chi connectivity index (χ0) is 16.9. The van der Waals surface area contributed by atoms with E-state index in [0.29, 0.717) is 18.4 Å². The lowest BCUT2D eigenvalue weighted by Crippen LogP contribution is -2.46. The third-order valence-electron chi connectivity index (χ3n) is 5.43. The van der Waals surface area contributed by atoms with Gasteiger partial charge < -0.3 is 10.1 Å². The van der Waals surface area contributed by atoms with Gasteiger partial charge in [0, 0.05) is 31.8 Å². The Balaban J connectivity index is 1.52. The summed E-state index contributed by atoms with van der Waals surface area (Å²) in [6.07, 6.45) is 3.80. The third kappa shape index (κ3) is 4.37. The number of carbonyl (C=O) groups excluding carboxylic acids is 1. The molecule has 2 fully saturated rings. The summed E-state index contributed by atoms with van der Waals surface area (Å²) in [6.45, 7) is 8.31. The van der Waals surface area contributed by atoms with Crippen LogP contribution in [-0.4, -0.2) is 49.2 Å². The fraction of sp³-hybridized carbons (Fsp3) is 0.650. The first kappa shape index (κ1) is 17.4. The van der Waals surface area contributed by atoms with Crippen LogP contribution in [0, 0.1) is 12.8 Å². The average Bonchev–Trinajstić information content (AvgIpc) is 3.20. The maximum atomic E-state index is 12.4. The van der Waals surface area contributed by atoms with Gasteiger partial charge in [-0.1, -0.05) is 36.8 Å². The maximum absolute atomic E-state index is 12.4. The highest BCUT2D eigenvalue weighted by Gasteiger charge is 2.35. The smallest absolute Gasteiger partial charge is 0.224 e. The molecule has 1 N–H and O–H groups in total. The molecule has 1 amide bonds. The molecule has 2 aliphatic rings. The molecule has 0 spiro atoms. The van der Waals surface area contributed by atoms with Gasteiger partial charge in [0.05, 0.1) is 13.0 Å². The summed E-state index contributed by atoms with van der Waals surface area (Å²) in [4.78, 5) is 15.0. The summed E-state index contributed by atoms with van der Waals surface area (Å²) in [7, 11) is 0. The van der Waals surface area contributed by atoms with Gasteiger partial charge in [-0.2, -0.15) is 0 Å². The van der Waals surface area contributed by atoms with Gasteiger partial charge in [0.2, 0.25) is 5.91 Å². The van der Waals surface area contributed by atoms with E-state index in [1.54, 1.807) is 0 Å². The quantitative estimate of drug-likeness (QED) is 0.871. The number of aryl methyl sites for hydroxylation is 1. The van der Waals surface area contributed by atoms with Gasteiger partial charge in [-0.3, -0.25) is 9.69 Å². The van der Waals surface area contributed by atoms with Gasteiger partial charge in [-0.25, -0.2) is 0 Å². The Labute approximate surface area is 145 Å². The molecule has 4 heteroatoms. The molecule has 0 saturated carbocycles. The molecule has 2 aliphatic heterocycles. The van der Waals surface area contributed by atoms with E-state index in [-0.39, 0.29) is 11.9 Å². The SMILES string of the molecule is CC[C@@H]1[C@@H](NC(=O)Cc2ccc(C)cc2)CCN1CC1CCOC1. The largest absolute Gasteiger partial charge is 0.381 e. The molecule has 1 aromatic carbocycles. The standard InChI is InChI=1S/C20H30N2O2/c1-3-19-18(8-10-22(19)13-17-9-11-24-14-17)21-20(23)12-16-6-4-15(2)5-7-16/h4-7,17-19H,3,8-14H2,1-2H3,(H,21,23)/t17?,18-,19+/m0/s1. The molecule has 3 rings (SSSR count). The van der Waals surface area contributed by atoms with Crippen LogP contribution in [0.2, 0.25) is 0 Å². The topological polar surface area (TPSA) is 41.6 Å². The Kier molecular flexibility index (Phi) is 5.90. The van der Waals surface area contributed by atoms with Crippen molar-refractivity contribution >= 4 is 5.91 Å². The maximum Gasteiger partial charge on any atom is 0.224 e. The van der Waals surface area contributed by atoms with E-state index >= 15 is 0 Å². The van der Waals surface area contributed by atoms with Crippen molar-refractivity contribution in [3.8, 4) is 0 Å². The number of carbonyl (C=O) groups is 1. The molecular formula is C20H30N2O2. The van der Waals surface area contributed by atoms with E-state index in [1.165, 1.54) is 12.0 Å². The molecule has 1 unspecified atom stereocenters. The summed E-state index contributed by atoms with van der Waals surface area (Å²) in [5.41, 5.74) is 2.32. The van der Waals surface area contributed by atoms with Crippen molar-refractivity contribution in [1.82, 2.24) is 10.2 Å². The second-order valence-electron chi connectivity index (χ2n) is 7.33. The van der Waals surface area contributed by atoms with Crippen molar-refractivity contribution in [1.29, 1.82) is 0 Å². The van der Waals surface area contributed by atoms with Gasteiger partial charge in [-0.15, -0.1) is 0 Å². The van der Waals surface area contributed by atoms with Gasteiger partial charge in [0.25, 0.3) is 0 Å². The van der Waals surface area contributed by atoms with Crippen LogP contribution in [0.15, 0.2) is 24.3 Å². The molecule has 0 bridgehead atoms. The van der Waals surface area contributed by atoms with Crippen LogP contribution in [0.25, 0.3) is 0 Å². The number of hydrogen-bond acceptors (Lipinski definition) is 3. The van der Waals surface area contributed by atoms with E-state index < -0.39 is 0 Å². The lowest BCUT2D eigenvalue weighted by molar-refractivity contribution is -0.121. The average molecular weight is 330 g/mol. The first-order chi connectivity index (χ1) is 11.7. The van der Waals surface area contributed by atoms with Gasteiger partial charge in [-0.05, 0) is 37.7 Å². The number of rotatable bonds is 6. The van der Waals surface area contributed by atoms with Crippen molar-refractivity contribution < 1.29 is 9.53 Å². The van der Waals surface area contributed by atoms with Crippen molar-refractivity contribution in [2.24, 2.45) is 5.92 Å². The highest BCUT2D eigenvalue weighted by molar-refractivity contribution is 5.79. The van der Waals surface area contributed by atoms with Gasteiger partial charge in [0.1, 0.15) is 0 Å². The minimum Gasteiger partial charge on any atom is -0.381 e. The second kappa shape index (κ2) is 8.13. The minimum atomic E-state index is 0.147. The predicted molar refractivity (Wildman–Crippen MR) is 96.0 cm³/mol. The summed E-state index contributed by atoms with van der Waals surface area (Å²) in [5.74, 6) is 0.814. The molecule has 0 radical (unpaired) electrons. The first-order valence-electron chi connectivity index (χ1n) is 9.32. The number of ether oxygens (including phenoxy) is 1. The number of benzene rings is 1. The Bertz CT molecular complexity index is 537. The second-order valence-corrected chi connectivity index (χ2v) is 7.33. The predicted octanol–water partition coefficient (Wildman–Crippen LogP) is 2.54. The minimum absolute atomic E-state index is 0.147. The van der Waals surface area contributed by atoms with Crippen LogP contribution in [0.1, 0.15) is 37.3 Å². The lowest BCUT2D eigenvalue weighted by Gasteiger charge is -2.29. The molecule has 24 heavy (non-hydrogen) atoms. The number of likely N-dealkylation sites (tertiary alicyclic amines) is 1. The third-order valence-corrected chi connectivity index (χ3v) is 5.43. The lowest BCUT2D eigenvalue weighted by atomic mass is 10.0. The summed E-state index contributed by atoms with van der Waals surface area (Å²) in [6, 6.07) is 8.99. The van der Waals surface area contributed by atoms with Crippen LogP contribution >= 0.6 is 0 Å². The molecule has 1 aromatic rings. The summed E-state index contributed by atoms with van der Waals surface area (Å²) in [5, 5.41) is 3.29. The molecule has 3 atom stereocenters. The number of nitrogens with zero attached hydrogens (tertiary/aromatic N) is 1. The normalized spacial score (nSPS) is 27.5. The summed E-state index contributed by atoms with van der Waals surface area (Å²) < 4.78 is 5.51. The Morgan fingerprint density at radius 1 is 1.29 bits per heavy atom. The molecule has 0 aromatic heterocycles. The van der Waals surface area contributed by atoms with E-state index in [4.69, 9.17) is 4.74 Å². The monoisotopic (exact) mass is 330 g/mol. The highest BCUT2D eigenvalue weighted by Crippen LogP contribution is 2.24. The van der Waals surface area contributed by atoms with Crippen molar-refractivity contribution in [2.45, 2.75) is 51.6 Å². The molecule has 2 heterocycles. The summed E-state index contributed by atoms with van der Waals surface area (Å²) >= 11 is 0. The fourth-order valence-corrected chi connectivity index (χ4v) is 4.06. The molecule has 4 nitrogen and oxygen atoms in total. The van der Waals surface area contributed by atoms with E-state index in [2.05, 4.69) is 36.2 Å². The Morgan fingerprint density at radius 3 is 2.75 bits per heavy atom. The molecule has 132 valence electrons. The molecule has 0 aliphatic carbocycles.